The van der Waals surface area contributed by atoms with E-state index in [1.54, 1.807) is 0 Å². The lowest BCUT2D eigenvalue weighted by Gasteiger charge is -2.07. The number of hydrogen-bond donors (Lipinski definition) is 2. The largest absolute Gasteiger partial charge is 0.383 e. The molecule has 0 aliphatic rings. The van der Waals surface area contributed by atoms with Gasteiger partial charge in [-0.05, 0) is 33.4 Å². The van der Waals surface area contributed by atoms with Crippen LogP contribution in [0.5, 0.6) is 0 Å². The van der Waals surface area contributed by atoms with Gasteiger partial charge in [0, 0.05) is 22.1 Å². The molecule has 0 unspecified atom stereocenters. The molecule has 0 fully saturated rings. The highest BCUT2D eigenvalue weighted by atomic mass is 79.9. The summed E-state index contributed by atoms with van der Waals surface area (Å²) in [5.74, 6) is -0.0168. The Hall–Kier alpha value is -0.960. The van der Waals surface area contributed by atoms with Gasteiger partial charge in [-0.25, -0.2) is 18.1 Å². The van der Waals surface area contributed by atoms with Crippen LogP contribution in [0.3, 0.4) is 0 Å². The smallest absolute Gasteiger partial charge is 0.244 e. The first-order valence-electron chi connectivity index (χ1n) is 4.92. The van der Waals surface area contributed by atoms with Gasteiger partial charge in [0.1, 0.15) is 10.7 Å². The SMILES string of the molecule is Nc1ncc(Br)cc1S(=O)(=O)NCc1cccs1. The highest BCUT2D eigenvalue weighted by molar-refractivity contribution is 9.10. The molecule has 96 valence electrons. The van der Waals surface area contributed by atoms with Gasteiger partial charge in [-0.3, -0.25) is 0 Å². The van der Waals surface area contributed by atoms with Gasteiger partial charge in [-0.15, -0.1) is 11.3 Å². The van der Waals surface area contributed by atoms with E-state index in [-0.39, 0.29) is 17.3 Å². The average molecular weight is 348 g/mol. The second-order valence-corrected chi connectivity index (χ2v) is 7.12. The van der Waals surface area contributed by atoms with Gasteiger partial charge in [0.25, 0.3) is 0 Å². The topological polar surface area (TPSA) is 85.1 Å². The molecule has 0 aromatic carbocycles. The number of rotatable bonds is 4. The Morgan fingerprint density at radius 1 is 1.50 bits per heavy atom. The predicted octanol–water partition coefficient (Wildman–Crippen LogP) is 1.97. The Bertz CT molecular complexity index is 641. The first-order valence-corrected chi connectivity index (χ1v) is 8.08. The highest BCUT2D eigenvalue weighted by Gasteiger charge is 2.18. The van der Waals surface area contributed by atoms with Gasteiger partial charge < -0.3 is 5.73 Å². The van der Waals surface area contributed by atoms with Crippen LogP contribution in [0.15, 0.2) is 39.1 Å². The summed E-state index contributed by atoms with van der Waals surface area (Å²) in [4.78, 5) is 4.71. The van der Waals surface area contributed by atoms with Crippen molar-refractivity contribution in [2.24, 2.45) is 0 Å². The monoisotopic (exact) mass is 347 g/mol. The summed E-state index contributed by atoms with van der Waals surface area (Å²) < 4.78 is 27.2. The van der Waals surface area contributed by atoms with Crippen molar-refractivity contribution in [2.45, 2.75) is 11.4 Å². The minimum atomic E-state index is -3.65. The summed E-state index contributed by atoms with van der Waals surface area (Å²) >= 11 is 4.65. The fraction of sp³-hybridized carbons (Fsp3) is 0.100. The summed E-state index contributed by atoms with van der Waals surface area (Å²) in [5, 5.41) is 1.89. The summed E-state index contributed by atoms with van der Waals surface area (Å²) in [6.07, 6.45) is 1.45. The number of thiophene rings is 1. The Morgan fingerprint density at radius 2 is 2.28 bits per heavy atom. The van der Waals surface area contributed by atoms with Gasteiger partial charge in [-0.1, -0.05) is 6.07 Å². The molecule has 0 aliphatic carbocycles. The number of sulfonamides is 1. The van der Waals surface area contributed by atoms with Crippen LogP contribution >= 0.6 is 27.3 Å². The van der Waals surface area contributed by atoms with Crippen molar-refractivity contribution in [2.75, 3.05) is 5.73 Å². The van der Waals surface area contributed by atoms with Gasteiger partial charge >= 0.3 is 0 Å². The molecule has 3 N–H and O–H groups in total. The minimum Gasteiger partial charge on any atom is -0.383 e. The number of nitrogens with zero attached hydrogens (tertiary/aromatic N) is 1. The zero-order valence-electron chi connectivity index (χ0n) is 9.13. The molecule has 8 heteroatoms. The van der Waals surface area contributed by atoms with Crippen molar-refractivity contribution in [3.05, 3.63) is 39.1 Å². The van der Waals surface area contributed by atoms with E-state index >= 15 is 0 Å². The molecular weight excluding hydrogens is 338 g/mol. The Labute approximate surface area is 117 Å². The van der Waals surface area contributed by atoms with Crippen molar-refractivity contribution in [1.29, 1.82) is 0 Å². The van der Waals surface area contributed by atoms with E-state index < -0.39 is 10.0 Å². The van der Waals surface area contributed by atoms with Crippen LogP contribution in [-0.2, 0) is 16.6 Å². The molecule has 18 heavy (non-hydrogen) atoms. The number of anilines is 1. The number of aromatic nitrogens is 1. The van der Waals surface area contributed by atoms with Crippen molar-refractivity contribution in [3.8, 4) is 0 Å². The maximum absolute atomic E-state index is 12.1. The number of nitrogen functional groups attached to an aromatic ring is 1. The zero-order chi connectivity index (χ0) is 13.2. The van der Waals surface area contributed by atoms with Gasteiger partial charge in [0.2, 0.25) is 10.0 Å². The van der Waals surface area contributed by atoms with E-state index in [1.165, 1.54) is 23.6 Å². The van der Waals surface area contributed by atoms with Crippen LogP contribution in [0, 0.1) is 0 Å². The predicted molar refractivity (Wildman–Crippen MR) is 74.7 cm³/mol. The van der Waals surface area contributed by atoms with Crippen LogP contribution in [0.2, 0.25) is 0 Å². The molecule has 2 heterocycles. The summed E-state index contributed by atoms with van der Waals surface area (Å²) in [6.45, 7) is 0.242. The van der Waals surface area contributed by atoms with Gasteiger partial charge in [0.15, 0.2) is 0 Å². The Balaban J connectivity index is 2.22. The third kappa shape index (κ3) is 3.08. The summed E-state index contributed by atoms with van der Waals surface area (Å²) in [5.41, 5.74) is 5.58. The summed E-state index contributed by atoms with van der Waals surface area (Å²) in [7, 11) is -3.65. The van der Waals surface area contributed by atoms with Crippen molar-refractivity contribution < 1.29 is 8.42 Å². The molecule has 0 spiro atoms. The van der Waals surface area contributed by atoms with E-state index in [9.17, 15) is 8.42 Å². The average Bonchev–Trinajstić information content (AvgIpc) is 2.83. The number of pyridine rings is 1. The minimum absolute atomic E-state index is 0.0168. The standard InChI is InChI=1S/C10H10BrN3O2S2/c11-7-4-9(10(12)13-5-7)18(15,16)14-6-8-2-1-3-17-8/h1-5,14H,6H2,(H2,12,13). The van der Waals surface area contributed by atoms with Crippen LogP contribution in [-0.4, -0.2) is 13.4 Å². The molecular formula is C10H10BrN3O2S2. The normalized spacial score (nSPS) is 11.6. The molecule has 2 aromatic rings. The molecule has 0 amide bonds. The van der Waals surface area contributed by atoms with Crippen LogP contribution in [0.25, 0.3) is 0 Å². The van der Waals surface area contributed by atoms with E-state index in [4.69, 9.17) is 5.73 Å². The molecule has 2 rings (SSSR count). The van der Waals surface area contributed by atoms with Crippen LogP contribution in [0.4, 0.5) is 5.82 Å². The maximum atomic E-state index is 12.1. The van der Waals surface area contributed by atoms with E-state index in [0.29, 0.717) is 4.47 Å². The third-order valence-electron chi connectivity index (χ3n) is 2.15. The fourth-order valence-corrected chi connectivity index (χ4v) is 3.63. The van der Waals surface area contributed by atoms with Gasteiger partial charge in [0.05, 0.1) is 0 Å². The van der Waals surface area contributed by atoms with Crippen molar-refractivity contribution >= 4 is 43.1 Å². The molecule has 0 aliphatic heterocycles. The third-order valence-corrected chi connectivity index (χ3v) is 4.89. The van der Waals surface area contributed by atoms with E-state index in [2.05, 4.69) is 25.6 Å². The molecule has 0 atom stereocenters. The lowest BCUT2D eigenvalue weighted by molar-refractivity contribution is 0.582. The van der Waals surface area contributed by atoms with Crippen molar-refractivity contribution in [1.82, 2.24) is 9.71 Å². The zero-order valence-corrected chi connectivity index (χ0v) is 12.3. The first-order chi connectivity index (χ1) is 8.49. The first kappa shape index (κ1) is 13.5. The molecule has 2 aromatic heterocycles. The van der Waals surface area contributed by atoms with Crippen LogP contribution < -0.4 is 10.5 Å². The molecule has 0 radical (unpaired) electrons. The van der Waals surface area contributed by atoms with Crippen LogP contribution in [0.1, 0.15) is 4.88 Å². The molecule has 0 bridgehead atoms. The second kappa shape index (κ2) is 5.35. The second-order valence-electron chi connectivity index (χ2n) is 3.44. The lowest BCUT2D eigenvalue weighted by atomic mass is 10.5. The number of nitrogens with two attached hydrogens (primary N) is 1. The molecule has 0 saturated carbocycles. The quantitative estimate of drug-likeness (QED) is 0.885. The number of halogens is 1. The van der Waals surface area contributed by atoms with Crippen molar-refractivity contribution in [3.63, 3.8) is 0 Å². The van der Waals surface area contributed by atoms with Gasteiger partial charge in [-0.2, -0.15) is 0 Å². The fourth-order valence-electron chi connectivity index (χ4n) is 1.30. The highest BCUT2D eigenvalue weighted by Crippen LogP contribution is 2.20. The lowest BCUT2D eigenvalue weighted by Crippen LogP contribution is -2.24. The number of hydrogen-bond acceptors (Lipinski definition) is 5. The maximum Gasteiger partial charge on any atom is 0.244 e. The van der Waals surface area contributed by atoms with E-state index in [0.717, 1.165) is 4.88 Å². The Morgan fingerprint density at radius 3 is 2.94 bits per heavy atom. The van der Waals surface area contributed by atoms with E-state index in [1.807, 2.05) is 17.5 Å². The summed E-state index contributed by atoms with van der Waals surface area (Å²) in [6, 6.07) is 5.15. The number of nitrogens with one attached hydrogen (secondary N) is 1. The Kier molecular flexibility index (Phi) is 4.00. The molecule has 5 nitrogen and oxygen atoms in total. The molecule has 0 saturated heterocycles.